The van der Waals surface area contributed by atoms with E-state index in [1.807, 2.05) is 6.07 Å². The van der Waals surface area contributed by atoms with E-state index < -0.39 is 0 Å². The molecule has 1 aliphatic rings. The van der Waals surface area contributed by atoms with E-state index in [-0.39, 0.29) is 12.4 Å². The number of anilines is 1. The fraction of sp³-hybridized carbons (Fsp3) is 0.500. The van der Waals surface area contributed by atoms with Crippen molar-refractivity contribution in [1.29, 1.82) is 0 Å². The van der Waals surface area contributed by atoms with E-state index in [9.17, 15) is 0 Å². The highest BCUT2D eigenvalue weighted by atomic mass is 35.5. The summed E-state index contributed by atoms with van der Waals surface area (Å²) in [5.74, 6) is 0.376. The number of rotatable bonds is 2. The van der Waals surface area contributed by atoms with Crippen LogP contribution in [0.1, 0.15) is 18.5 Å². The smallest absolute Gasteiger partial charge is 0.0867 e. The molecular weight excluding hydrogens is 254 g/mol. The summed E-state index contributed by atoms with van der Waals surface area (Å²) in [7, 11) is 0. The molecule has 1 aromatic heterocycles. The predicted molar refractivity (Wildman–Crippen MR) is 67.5 cm³/mol. The van der Waals surface area contributed by atoms with Crippen LogP contribution < -0.4 is 4.90 Å². The average molecular weight is 268 g/mol. The number of nitrogens with zero attached hydrogens (tertiary/aromatic N) is 2. The molecule has 1 fully saturated rings. The van der Waals surface area contributed by atoms with Crippen molar-refractivity contribution >= 4 is 41.3 Å². The topological polar surface area (TPSA) is 16.1 Å². The van der Waals surface area contributed by atoms with Crippen LogP contribution in [0.2, 0.25) is 5.02 Å². The second-order valence-corrected chi connectivity index (χ2v) is 4.06. The minimum Gasteiger partial charge on any atom is -0.370 e. The molecule has 2 heterocycles. The zero-order valence-electron chi connectivity index (χ0n) is 8.25. The molecule has 0 spiro atoms. The van der Waals surface area contributed by atoms with Crippen molar-refractivity contribution in [3.63, 3.8) is 0 Å². The number of hydrogen-bond donors (Lipinski definition) is 0. The van der Waals surface area contributed by atoms with Crippen LogP contribution in [0.4, 0.5) is 5.69 Å². The van der Waals surface area contributed by atoms with E-state index in [1.54, 1.807) is 6.20 Å². The second-order valence-electron chi connectivity index (χ2n) is 3.42. The van der Waals surface area contributed by atoms with Crippen molar-refractivity contribution in [3.8, 4) is 0 Å². The van der Waals surface area contributed by atoms with E-state index in [0.29, 0.717) is 10.9 Å². The fourth-order valence-corrected chi connectivity index (χ4v) is 2.34. The van der Waals surface area contributed by atoms with Crippen LogP contribution in [-0.4, -0.2) is 18.1 Å². The van der Waals surface area contributed by atoms with Gasteiger partial charge in [-0.1, -0.05) is 11.6 Å². The van der Waals surface area contributed by atoms with Gasteiger partial charge < -0.3 is 4.90 Å². The maximum absolute atomic E-state index is 6.20. The average Bonchev–Trinajstić information content (AvgIpc) is 2.71. The molecule has 0 saturated carbocycles. The molecular formula is C10H13Cl3N2. The van der Waals surface area contributed by atoms with Gasteiger partial charge in [-0.15, -0.1) is 24.0 Å². The summed E-state index contributed by atoms with van der Waals surface area (Å²) in [6, 6.07) is 1.96. The molecule has 0 aromatic carbocycles. The van der Waals surface area contributed by atoms with Crippen molar-refractivity contribution in [2.75, 3.05) is 18.0 Å². The number of pyridine rings is 1. The summed E-state index contributed by atoms with van der Waals surface area (Å²) in [4.78, 5) is 6.43. The fourth-order valence-electron chi connectivity index (χ4n) is 1.77. The minimum absolute atomic E-state index is 0. The highest BCUT2D eigenvalue weighted by molar-refractivity contribution is 6.34. The Morgan fingerprint density at radius 1 is 1.33 bits per heavy atom. The summed E-state index contributed by atoms with van der Waals surface area (Å²) in [5, 5.41) is 0.712. The van der Waals surface area contributed by atoms with Crippen LogP contribution in [0.5, 0.6) is 0 Å². The zero-order chi connectivity index (χ0) is 9.97. The lowest BCUT2D eigenvalue weighted by molar-refractivity contribution is 0.949. The van der Waals surface area contributed by atoms with Gasteiger partial charge in [0.15, 0.2) is 0 Å². The molecule has 2 rings (SSSR count). The third-order valence-electron chi connectivity index (χ3n) is 2.51. The number of hydrogen-bond acceptors (Lipinski definition) is 2. The SMILES string of the molecule is Cl.ClCc1nccc(N2CCCC2)c1Cl. The van der Waals surface area contributed by atoms with Gasteiger partial charge in [-0.2, -0.15) is 0 Å². The second kappa shape index (κ2) is 5.78. The normalized spacial score (nSPS) is 15.2. The van der Waals surface area contributed by atoms with Gasteiger partial charge in [-0.05, 0) is 18.9 Å². The molecule has 15 heavy (non-hydrogen) atoms. The Labute approximate surface area is 106 Å². The largest absolute Gasteiger partial charge is 0.370 e. The summed E-state index contributed by atoms with van der Waals surface area (Å²) < 4.78 is 0. The Balaban J connectivity index is 0.00000112. The predicted octanol–water partition coefficient (Wildman–Crippen LogP) is 3.50. The number of halogens is 3. The molecule has 2 nitrogen and oxygen atoms in total. The summed E-state index contributed by atoms with van der Waals surface area (Å²) >= 11 is 11.9. The third kappa shape index (κ3) is 2.68. The first-order valence-corrected chi connectivity index (χ1v) is 5.68. The van der Waals surface area contributed by atoms with Gasteiger partial charge in [0.1, 0.15) is 0 Å². The van der Waals surface area contributed by atoms with Gasteiger partial charge >= 0.3 is 0 Å². The van der Waals surface area contributed by atoms with Gasteiger partial charge in [0.2, 0.25) is 0 Å². The molecule has 0 bridgehead atoms. The van der Waals surface area contributed by atoms with Gasteiger partial charge in [0.25, 0.3) is 0 Å². The molecule has 0 atom stereocenters. The Bertz CT molecular complexity index is 324. The van der Waals surface area contributed by atoms with Crippen molar-refractivity contribution < 1.29 is 0 Å². The monoisotopic (exact) mass is 266 g/mol. The van der Waals surface area contributed by atoms with Gasteiger partial charge in [-0.25, -0.2) is 0 Å². The van der Waals surface area contributed by atoms with Crippen molar-refractivity contribution in [2.45, 2.75) is 18.7 Å². The summed E-state index contributed by atoms with van der Waals surface area (Å²) in [6.07, 6.45) is 4.26. The van der Waals surface area contributed by atoms with E-state index in [0.717, 1.165) is 24.5 Å². The lowest BCUT2D eigenvalue weighted by Gasteiger charge is -2.19. The highest BCUT2D eigenvalue weighted by Gasteiger charge is 2.16. The molecule has 1 aromatic rings. The molecule has 1 saturated heterocycles. The van der Waals surface area contributed by atoms with Crippen LogP contribution in [0.15, 0.2) is 12.3 Å². The van der Waals surface area contributed by atoms with Gasteiger partial charge in [0.05, 0.1) is 22.3 Å². The third-order valence-corrected chi connectivity index (χ3v) is 3.18. The van der Waals surface area contributed by atoms with E-state index >= 15 is 0 Å². The van der Waals surface area contributed by atoms with Crippen molar-refractivity contribution in [1.82, 2.24) is 4.98 Å². The number of aromatic nitrogens is 1. The molecule has 0 N–H and O–H groups in total. The van der Waals surface area contributed by atoms with Crippen LogP contribution in [0, 0.1) is 0 Å². The molecule has 5 heteroatoms. The maximum Gasteiger partial charge on any atom is 0.0867 e. The maximum atomic E-state index is 6.20. The molecule has 1 aliphatic heterocycles. The first-order chi connectivity index (χ1) is 6.83. The lowest BCUT2D eigenvalue weighted by Crippen LogP contribution is -2.18. The van der Waals surface area contributed by atoms with Crippen molar-refractivity contribution in [3.05, 3.63) is 23.0 Å². The Morgan fingerprint density at radius 3 is 2.60 bits per heavy atom. The lowest BCUT2D eigenvalue weighted by atomic mass is 10.3. The van der Waals surface area contributed by atoms with Crippen molar-refractivity contribution in [2.24, 2.45) is 0 Å². The first-order valence-electron chi connectivity index (χ1n) is 4.77. The quantitative estimate of drug-likeness (QED) is 0.763. The molecule has 0 amide bonds. The minimum atomic E-state index is 0. The molecule has 0 aliphatic carbocycles. The standard InChI is InChI=1S/C10H12Cl2N2.ClH/c11-7-8-10(12)9(3-4-13-8)14-5-1-2-6-14;/h3-4H,1-2,5-7H2;1H. The van der Waals surface area contributed by atoms with Crippen LogP contribution >= 0.6 is 35.6 Å². The highest BCUT2D eigenvalue weighted by Crippen LogP contribution is 2.30. The van der Waals surface area contributed by atoms with Crippen LogP contribution in [0.3, 0.4) is 0 Å². The van der Waals surface area contributed by atoms with Crippen LogP contribution in [-0.2, 0) is 5.88 Å². The van der Waals surface area contributed by atoms with E-state index in [4.69, 9.17) is 23.2 Å². The van der Waals surface area contributed by atoms with Crippen LogP contribution in [0.25, 0.3) is 0 Å². The van der Waals surface area contributed by atoms with Gasteiger partial charge in [0, 0.05) is 19.3 Å². The molecule has 0 radical (unpaired) electrons. The van der Waals surface area contributed by atoms with E-state index in [2.05, 4.69) is 9.88 Å². The van der Waals surface area contributed by atoms with E-state index in [1.165, 1.54) is 12.8 Å². The Kier molecular flexibility index (Phi) is 4.97. The van der Waals surface area contributed by atoms with Gasteiger partial charge in [-0.3, -0.25) is 4.98 Å². The zero-order valence-corrected chi connectivity index (χ0v) is 10.6. The first kappa shape index (κ1) is 12.9. The Morgan fingerprint density at radius 2 is 2.00 bits per heavy atom. The molecule has 0 unspecified atom stereocenters. The number of alkyl halides is 1. The Hall–Kier alpha value is -0.180. The summed E-state index contributed by atoms with van der Waals surface area (Å²) in [5.41, 5.74) is 1.85. The summed E-state index contributed by atoms with van der Waals surface area (Å²) in [6.45, 7) is 2.18. The molecule has 84 valence electrons.